The summed E-state index contributed by atoms with van der Waals surface area (Å²) < 4.78 is 0. The second-order valence-corrected chi connectivity index (χ2v) is 8.82. The first-order valence-corrected chi connectivity index (χ1v) is 10.9. The summed E-state index contributed by atoms with van der Waals surface area (Å²) in [6.07, 6.45) is 7.56. The molecule has 2 amide bonds. The Kier molecular flexibility index (Phi) is 6.06. The molecule has 2 fully saturated rings. The van der Waals surface area contributed by atoms with Gasteiger partial charge < -0.3 is 21.3 Å². The highest BCUT2D eigenvalue weighted by Gasteiger charge is 2.31. The highest BCUT2D eigenvalue weighted by atomic mass is 35.5. The summed E-state index contributed by atoms with van der Waals surface area (Å²) in [7, 11) is 0. The fourth-order valence-corrected chi connectivity index (χ4v) is 4.83. The van der Waals surface area contributed by atoms with Gasteiger partial charge in [0.05, 0.1) is 22.6 Å². The zero-order valence-corrected chi connectivity index (χ0v) is 18.0. The molecule has 3 aliphatic rings. The molecule has 1 aromatic carbocycles. The molecule has 2 unspecified atom stereocenters. The van der Waals surface area contributed by atoms with Gasteiger partial charge in [0.1, 0.15) is 0 Å². The van der Waals surface area contributed by atoms with Crippen molar-refractivity contribution in [3.05, 3.63) is 69.7 Å². The van der Waals surface area contributed by atoms with Crippen molar-refractivity contribution in [2.45, 2.75) is 37.1 Å². The minimum absolute atomic E-state index is 0.00750. The molecule has 3 heterocycles. The van der Waals surface area contributed by atoms with E-state index in [0.717, 1.165) is 41.8 Å². The number of allylic oxidation sites excluding steroid dienone is 3. The molecule has 0 aliphatic carbocycles. The Morgan fingerprint density at radius 2 is 2.13 bits per heavy atom. The third-order valence-corrected chi connectivity index (χ3v) is 6.39. The molecular formula is C22H24Cl2N4O2. The summed E-state index contributed by atoms with van der Waals surface area (Å²) >= 11 is 12.8. The van der Waals surface area contributed by atoms with Crippen molar-refractivity contribution >= 4 is 35.0 Å². The molecule has 1 aromatic rings. The van der Waals surface area contributed by atoms with Crippen LogP contribution in [0, 0.1) is 0 Å². The summed E-state index contributed by atoms with van der Waals surface area (Å²) in [4.78, 5) is 26.5. The molecule has 2 atom stereocenters. The van der Waals surface area contributed by atoms with Gasteiger partial charge >= 0.3 is 0 Å². The highest BCUT2D eigenvalue weighted by molar-refractivity contribution is 6.30. The van der Waals surface area contributed by atoms with E-state index in [1.807, 2.05) is 18.2 Å². The Hall–Kier alpha value is -2.44. The van der Waals surface area contributed by atoms with Gasteiger partial charge in [0.25, 0.3) is 5.91 Å². The van der Waals surface area contributed by atoms with Crippen molar-refractivity contribution in [2.75, 3.05) is 13.1 Å². The average molecular weight is 447 g/mol. The van der Waals surface area contributed by atoms with Crippen molar-refractivity contribution in [1.82, 2.24) is 15.5 Å². The number of alkyl halides is 1. The number of primary amides is 1. The molecule has 0 saturated carbocycles. The number of halogens is 2. The van der Waals surface area contributed by atoms with Crippen molar-refractivity contribution < 1.29 is 9.59 Å². The zero-order chi connectivity index (χ0) is 21.3. The predicted octanol–water partition coefficient (Wildman–Crippen LogP) is 2.89. The summed E-state index contributed by atoms with van der Waals surface area (Å²) in [6.45, 7) is 1.84. The topological polar surface area (TPSA) is 87.5 Å². The lowest BCUT2D eigenvalue weighted by Gasteiger charge is -2.37. The minimum atomic E-state index is -0.478. The predicted molar refractivity (Wildman–Crippen MR) is 118 cm³/mol. The molecule has 30 heavy (non-hydrogen) atoms. The summed E-state index contributed by atoms with van der Waals surface area (Å²) in [6, 6.07) is 5.69. The Balaban J connectivity index is 1.72. The van der Waals surface area contributed by atoms with Gasteiger partial charge in [-0.3, -0.25) is 9.59 Å². The van der Waals surface area contributed by atoms with Crippen LogP contribution in [0.1, 0.15) is 36.3 Å². The standard InChI is InChI=1S/C22H24Cl2N4O2/c23-14-3-5-16(17-7-9-27-22(17)30)13(10-14)11-28-12-15(24)4-6-19(28)20-18(21(25)29)2-1-8-26-20/h1-3,5,8,10,15,17,26H,4,6-7,9,11-12H2,(H2,25,29)(H,27,30)/b20-19-. The number of hydrogen-bond donors (Lipinski definition) is 3. The van der Waals surface area contributed by atoms with Gasteiger partial charge in [-0.25, -0.2) is 0 Å². The molecular weight excluding hydrogens is 423 g/mol. The molecule has 3 aliphatic heterocycles. The normalized spacial score (nSPS) is 26.3. The van der Waals surface area contributed by atoms with E-state index in [1.54, 1.807) is 18.4 Å². The van der Waals surface area contributed by atoms with Gasteiger partial charge in [0, 0.05) is 36.6 Å². The Labute approximate surface area is 185 Å². The largest absolute Gasteiger partial charge is 0.367 e. The van der Waals surface area contributed by atoms with Crippen LogP contribution in [0.25, 0.3) is 0 Å². The maximum absolute atomic E-state index is 12.3. The molecule has 0 spiro atoms. The molecule has 2 saturated heterocycles. The van der Waals surface area contributed by atoms with Crippen LogP contribution in [0.3, 0.4) is 0 Å². The summed E-state index contributed by atoms with van der Waals surface area (Å²) in [5, 5.41) is 6.72. The number of carbonyl (C=O) groups excluding carboxylic acids is 2. The number of dihydropyridines is 1. The van der Waals surface area contributed by atoms with E-state index in [1.165, 1.54) is 0 Å². The first-order chi connectivity index (χ1) is 14.4. The zero-order valence-electron chi connectivity index (χ0n) is 16.5. The second-order valence-electron chi connectivity index (χ2n) is 7.76. The Bertz CT molecular complexity index is 970. The van der Waals surface area contributed by atoms with Crippen LogP contribution in [0.5, 0.6) is 0 Å². The Morgan fingerprint density at radius 3 is 2.87 bits per heavy atom. The van der Waals surface area contributed by atoms with Crippen LogP contribution in [0.4, 0.5) is 0 Å². The maximum Gasteiger partial charge on any atom is 0.250 e. The monoisotopic (exact) mass is 446 g/mol. The first kappa shape index (κ1) is 20.8. The lowest BCUT2D eigenvalue weighted by atomic mass is 9.91. The smallest absolute Gasteiger partial charge is 0.250 e. The van der Waals surface area contributed by atoms with Gasteiger partial charge in [-0.1, -0.05) is 17.7 Å². The van der Waals surface area contributed by atoms with Crippen LogP contribution in [0.2, 0.25) is 5.02 Å². The number of benzene rings is 1. The van der Waals surface area contributed by atoms with E-state index in [-0.39, 0.29) is 17.2 Å². The number of likely N-dealkylation sites (tertiary alicyclic amines) is 1. The van der Waals surface area contributed by atoms with Gasteiger partial charge in [-0.05, 0) is 54.7 Å². The summed E-state index contributed by atoms with van der Waals surface area (Å²) in [5.41, 5.74) is 9.74. The number of nitrogens with zero attached hydrogens (tertiary/aromatic N) is 1. The number of nitrogens with two attached hydrogens (primary N) is 1. The van der Waals surface area contributed by atoms with E-state index in [2.05, 4.69) is 15.5 Å². The molecule has 0 aromatic heterocycles. The van der Waals surface area contributed by atoms with E-state index < -0.39 is 5.91 Å². The number of rotatable bonds is 4. The average Bonchev–Trinajstić information content (AvgIpc) is 3.14. The molecule has 4 rings (SSSR count). The van der Waals surface area contributed by atoms with Crippen LogP contribution in [0.15, 0.2) is 53.5 Å². The third kappa shape index (κ3) is 4.20. The number of nitrogens with one attached hydrogen (secondary N) is 2. The van der Waals surface area contributed by atoms with E-state index >= 15 is 0 Å². The van der Waals surface area contributed by atoms with E-state index in [4.69, 9.17) is 28.9 Å². The van der Waals surface area contributed by atoms with Gasteiger partial charge in [-0.2, -0.15) is 0 Å². The summed E-state index contributed by atoms with van der Waals surface area (Å²) in [5.74, 6) is -0.612. The lowest BCUT2D eigenvalue weighted by molar-refractivity contribution is -0.120. The number of carbonyl (C=O) groups is 2. The molecule has 0 bridgehead atoms. The van der Waals surface area contributed by atoms with Gasteiger partial charge in [-0.15, -0.1) is 11.6 Å². The van der Waals surface area contributed by atoms with Crippen molar-refractivity contribution in [2.24, 2.45) is 5.73 Å². The minimum Gasteiger partial charge on any atom is -0.367 e. The van der Waals surface area contributed by atoms with Crippen LogP contribution in [-0.4, -0.2) is 35.2 Å². The second kappa shape index (κ2) is 8.74. The van der Waals surface area contributed by atoms with E-state index in [0.29, 0.717) is 30.2 Å². The quantitative estimate of drug-likeness (QED) is 0.620. The Morgan fingerprint density at radius 1 is 1.30 bits per heavy atom. The van der Waals surface area contributed by atoms with E-state index in [9.17, 15) is 9.59 Å². The molecule has 0 radical (unpaired) electrons. The van der Waals surface area contributed by atoms with Gasteiger partial charge in [0.2, 0.25) is 5.91 Å². The molecule has 8 heteroatoms. The van der Waals surface area contributed by atoms with Crippen LogP contribution < -0.4 is 16.4 Å². The first-order valence-electron chi connectivity index (χ1n) is 10.1. The molecule has 4 N–H and O–H groups in total. The van der Waals surface area contributed by atoms with Crippen LogP contribution >= 0.6 is 23.2 Å². The fraction of sp³-hybridized carbons (Fsp3) is 0.364. The number of hydrogen-bond acceptors (Lipinski definition) is 4. The number of piperidine rings is 1. The lowest BCUT2D eigenvalue weighted by Crippen LogP contribution is -2.38. The maximum atomic E-state index is 12.3. The third-order valence-electron chi connectivity index (χ3n) is 5.80. The van der Waals surface area contributed by atoms with Gasteiger partial charge in [0.15, 0.2) is 0 Å². The number of amides is 2. The van der Waals surface area contributed by atoms with Crippen LogP contribution in [-0.2, 0) is 16.1 Å². The fourth-order valence-electron chi connectivity index (χ4n) is 4.36. The van der Waals surface area contributed by atoms with Crippen molar-refractivity contribution in [3.63, 3.8) is 0 Å². The van der Waals surface area contributed by atoms with Crippen molar-refractivity contribution in [3.8, 4) is 0 Å². The molecule has 158 valence electrons. The molecule has 6 nitrogen and oxygen atoms in total. The SMILES string of the molecule is NC(=O)C1=CC=CN/C1=C1/CCC(Cl)CN1Cc1cc(Cl)ccc1C1CCNC1=O. The highest BCUT2D eigenvalue weighted by Crippen LogP contribution is 2.34. The van der Waals surface area contributed by atoms with Crippen molar-refractivity contribution in [1.29, 1.82) is 0 Å².